The number of hydrogen-bond donors (Lipinski definition) is 2. The van der Waals surface area contributed by atoms with Crippen LogP contribution in [0.2, 0.25) is 0 Å². The second-order valence-corrected chi connectivity index (χ2v) is 7.70. The molecule has 2 aromatic carbocycles. The Bertz CT molecular complexity index is 938. The maximum absolute atomic E-state index is 12.5. The number of nitrogens with zero attached hydrogens (tertiary/aromatic N) is 1. The number of carbonyl (C=O) groups is 1. The van der Waals surface area contributed by atoms with E-state index in [4.69, 9.17) is 14.2 Å². The van der Waals surface area contributed by atoms with E-state index in [-0.39, 0.29) is 12.5 Å². The van der Waals surface area contributed by atoms with Crippen molar-refractivity contribution in [1.29, 1.82) is 0 Å². The molecule has 2 aliphatic heterocycles. The Morgan fingerprint density at radius 2 is 1.97 bits per heavy atom. The van der Waals surface area contributed by atoms with Gasteiger partial charge in [0.1, 0.15) is 18.9 Å². The van der Waals surface area contributed by atoms with Crippen molar-refractivity contribution in [3.05, 3.63) is 53.6 Å². The van der Waals surface area contributed by atoms with Crippen LogP contribution in [0.15, 0.2) is 47.6 Å². The summed E-state index contributed by atoms with van der Waals surface area (Å²) < 4.78 is 16.9. The molecule has 0 bridgehead atoms. The highest BCUT2D eigenvalue weighted by atomic mass is 16.6. The van der Waals surface area contributed by atoms with Gasteiger partial charge in [-0.3, -0.25) is 4.79 Å². The molecule has 158 valence electrons. The van der Waals surface area contributed by atoms with Crippen LogP contribution in [0.1, 0.15) is 30.9 Å². The van der Waals surface area contributed by atoms with Gasteiger partial charge in [0.15, 0.2) is 11.5 Å². The lowest BCUT2D eigenvalue weighted by molar-refractivity contribution is -0.901. The minimum absolute atomic E-state index is 0.155. The zero-order valence-corrected chi connectivity index (χ0v) is 17.4. The second-order valence-electron chi connectivity index (χ2n) is 7.70. The van der Waals surface area contributed by atoms with Gasteiger partial charge in [-0.05, 0) is 42.8 Å². The quantitative estimate of drug-likeness (QED) is 0.560. The van der Waals surface area contributed by atoms with Crippen LogP contribution >= 0.6 is 0 Å². The number of likely N-dealkylation sites (tertiary alicyclic amines) is 1. The molecule has 2 heterocycles. The molecule has 1 amide bonds. The summed E-state index contributed by atoms with van der Waals surface area (Å²) >= 11 is 0. The fourth-order valence-electron chi connectivity index (χ4n) is 3.89. The van der Waals surface area contributed by atoms with E-state index in [2.05, 4.69) is 16.6 Å². The van der Waals surface area contributed by atoms with Crippen LogP contribution in [0, 0.1) is 0 Å². The summed E-state index contributed by atoms with van der Waals surface area (Å²) in [6.45, 7) is 5.36. The van der Waals surface area contributed by atoms with Gasteiger partial charge in [-0.15, -0.1) is 0 Å². The molecule has 0 saturated carbocycles. The number of rotatable bonds is 6. The molecule has 7 nitrogen and oxygen atoms in total. The van der Waals surface area contributed by atoms with Crippen LogP contribution in [-0.2, 0) is 11.3 Å². The van der Waals surface area contributed by atoms with Crippen molar-refractivity contribution in [3.63, 3.8) is 0 Å². The molecule has 0 radical (unpaired) electrons. The molecule has 7 heteroatoms. The van der Waals surface area contributed by atoms with E-state index >= 15 is 0 Å². The molecule has 2 N–H and O–H groups in total. The number of benzene rings is 2. The van der Waals surface area contributed by atoms with E-state index < -0.39 is 6.10 Å². The first kappa shape index (κ1) is 20.2. The molecular formula is C23H28N3O4+. The maximum Gasteiger partial charge on any atom is 0.284 e. The third-order valence-electron chi connectivity index (χ3n) is 5.58. The number of fused-ring (bicyclic) bond motifs is 1. The van der Waals surface area contributed by atoms with Crippen molar-refractivity contribution in [2.45, 2.75) is 32.4 Å². The topological polar surface area (TPSA) is 73.6 Å². The third kappa shape index (κ3) is 4.57. The lowest BCUT2D eigenvalue weighted by atomic mass is 10.1. The highest BCUT2D eigenvalue weighted by molar-refractivity contribution is 5.99. The molecule has 0 spiro atoms. The number of nitrogens with one attached hydrogen (secondary N) is 2. The van der Waals surface area contributed by atoms with E-state index in [0.29, 0.717) is 11.5 Å². The average molecular weight is 410 g/mol. The van der Waals surface area contributed by atoms with E-state index in [1.54, 1.807) is 18.1 Å². The average Bonchev–Trinajstić information content (AvgIpc) is 3.30. The summed E-state index contributed by atoms with van der Waals surface area (Å²) in [5, 5.41) is 4.29. The van der Waals surface area contributed by atoms with Gasteiger partial charge in [0, 0.05) is 18.4 Å². The smallest absolute Gasteiger partial charge is 0.284 e. The summed E-state index contributed by atoms with van der Waals surface area (Å²) in [5.74, 6) is 1.77. The highest BCUT2D eigenvalue weighted by Crippen LogP contribution is 2.30. The van der Waals surface area contributed by atoms with Crippen molar-refractivity contribution in [2.24, 2.45) is 5.10 Å². The monoisotopic (exact) mass is 410 g/mol. The minimum Gasteiger partial charge on any atom is -0.496 e. The first-order valence-corrected chi connectivity index (χ1v) is 10.4. The predicted molar refractivity (Wildman–Crippen MR) is 113 cm³/mol. The van der Waals surface area contributed by atoms with E-state index in [0.717, 1.165) is 29.1 Å². The van der Waals surface area contributed by atoms with Gasteiger partial charge in [0.05, 0.1) is 25.9 Å². The van der Waals surface area contributed by atoms with Crippen molar-refractivity contribution >= 4 is 11.6 Å². The SMILES string of the molecule is COc1ccc(/C(C)=N\NC(=O)[C@H]2COc3ccccc3O2)cc1C[NH+]1CCCC1. The lowest BCUT2D eigenvalue weighted by Gasteiger charge is -2.24. The van der Waals surface area contributed by atoms with Crippen LogP contribution in [0.25, 0.3) is 0 Å². The molecule has 4 rings (SSSR count). The number of amides is 1. The van der Waals surface area contributed by atoms with Crippen molar-refractivity contribution in [3.8, 4) is 17.2 Å². The maximum atomic E-state index is 12.5. The van der Waals surface area contributed by atoms with E-state index in [1.165, 1.54) is 25.9 Å². The Hall–Kier alpha value is -3.06. The zero-order valence-electron chi connectivity index (χ0n) is 17.4. The van der Waals surface area contributed by atoms with Crippen LogP contribution in [0.4, 0.5) is 0 Å². The second kappa shape index (κ2) is 9.17. The Kier molecular flexibility index (Phi) is 6.18. The molecule has 0 unspecified atom stereocenters. The van der Waals surface area contributed by atoms with Crippen molar-refractivity contribution < 1.29 is 23.9 Å². The summed E-state index contributed by atoms with van der Waals surface area (Å²) in [7, 11) is 1.70. The van der Waals surface area contributed by atoms with Crippen molar-refractivity contribution in [1.82, 2.24) is 5.43 Å². The summed E-state index contributed by atoms with van der Waals surface area (Å²) in [6.07, 6.45) is 1.82. The number of ether oxygens (including phenoxy) is 3. The molecule has 1 atom stereocenters. The highest BCUT2D eigenvalue weighted by Gasteiger charge is 2.27. The molecule has 2 aliphatic rings. The van der Waals surface area contributed by atoms with Gasteiger partial charge in [0.25, 0.3) is 5.91 Å². The first-order chi connectivity index (χ1) is 14.6. The number of para-hydroxylation sites is 2. The van der Waals surface area contributed by atoms with Crippen LogP contribution in [0.3, 0.4) is 0 Å². The van der Waals surface area contributed by atoms with Gasteiger partial charge in [-0.1, -0.05) is 12.1 Å². The Morgan fingerprint density at radius 3 is 2.73 bits per heavy atom. The third-order valence-corrected chi connectivity index (χ3v) is 5.58. The fourth-order valence-corrected chi connectivity index (χ4v) is 3.89. The lowest BCUT2D eigenvalue weighted by Crippen LogP contribution is -3.08. The van der Waals surface area contributed by atoms with Crippen LogP contribution in [-0.4, -0.2) is 44.5 Å². The van der Waals surface area contributed by atoms with Gasteiger partial charge in [-0.2, -0.15) is 5.10 Å². The zero-order chi connectivity index (χ0) is 20.9. The van der Waals surface area contributed by atoms with Gasteiger partial charge >= 0.3 is 0 Å². The van der Waals surface area contributed by atoms with E-state index in [9.17, 15) is 4.79 Å². The molecule has 0 aromatic heterocycles. The van der Waals surface area contributed by atoms with E-state index in [1.807, 2.05) is 37.3 Å². The standard InChI is InChI=1S/C23H27N3O4/c1-16(17-9-10-19(28-2)18(13-17)14-26-11-5-6-12-26)24-25-23(27)22-15-29-20-7-3-4-8-21(20)30-22/h3-4,7-10,13,22H,5-6,11-12,14-15H2,1-2H3,(H,25,27)/p+1/b24-16-/t22-/m1/s1. The van der Waals surface area contributed by atoms with Gasteiger partial charge in [-0.25, -0.2) is 5.43 Å². The Labute approximate surface area is 176 Å². The van der Waals surface area contributed by atoms with Crippen molar-refractivity contribution in [2.75, 3.05) is 26.8 Å². The number of carbonyl (C=O) groups excluding carboxylic acids is 1. The van der Waals surface area contributed by atoms with Gasteiger partial charge in [0.2, 0.25) is 6.10 Å². The molecule has 0 aliphatic carbocycles. The number of hydrazone groups is 1. The minimum atomic E-state index is -0.735. The number of methoxy groups -OCH3 is 1. The summed E-state index contributed by atoms with van der Waals surface area (Å²) in [5.41, 5.74) is 5.45. The first-order valence-electron chi connectivity index (χ1n) is 10.4. The van der Waals surface area contributed by atoms with Crippen LogP contribution < -0.4 is 24.5 Å². The molecule has 1 saturated heterocycles. The molecular weight excluding hydrogens is 382 g/mol. The normalized spacial score (nSPS) is 18.9. The Balaban J connectivity index is 1.42. The summed E-state index contributed by atoms with van der Waals surface area (Å²) in [4.78, 5) is 14.1. The van der Waals surface area contributed by atoms with Crippen LogP contribution in [0.5, 0.6) is 17.2 Å². The molecule has 1 fully saturated rings. The fraction of sp³-hybridized carbons (Fsp3) is 0.391. The number of quaternary nitrogens is 1. The number of hydrogen-bond acceptors (Lipinski definition) is 5. The van der Waals surface area contributed by atoms with Gasteiger partial charge < -0.3 is 19.1 Å². The predicted octanol–water partition coefficient (Wildman–Crippen LogP) is 1.55. The molecule has 2 aromatic rings. The summed E-state index contributed by atoms with van der Waals surface area (Å²) in [6, 6.07) is 13.3. The largest absolute Gasteiger partial charge is 0.496 e. The Morgan fingerprint density at radius 1 is 1.20 bits per heavy atom. The molecule has 30 heavy (non-hydrogen) atoms.